The van der Waals surface area contributed by atoms with Crippen LogP contribution in [0, 0.1) is 0 Å². The van der Waals surface area contributed by atoms with Crippen molar-refractivity contribution in [2.24, 2.45) is 0 Å². The molecule has 1 aromatic carbocycles. The molecule has 2 heterocycles. The number of nitrogens with zero attached hydrogens (tertiary/aromatic N) is 2. The number of benzene rings is 1. The van der Waals surface area contributed by atoms with Crippen LogP contribution in [-0.2, 0) is 6.54 Å². The second-order valence-corrected chi connectivity index (χ2v) is 6.03. The van der Waals surface area contributed by atoms with E-state index in [-0.39, 0.29) is 6.10 Å². The molecule has 0 unspecified atom stereocenters. The lowest BCUT2D eigenvalue weighted by Gasteiger charge is -2.31. The van der Waals surface area contributed by atoms with Crippen molar-refractivity contribution in [1.29, 1.82) is 0 Å². The van der Waals surface area contributed by atoms with Crippen LogP contribution in [0.2, 0.25) is 0 Å². The second-order valence-electron chi connectivity index (χ2n) is 6.03. The van der Waals surface area contributed by atoms with E-state index in [9.17, 15) is 5.11 Å². The summed E-state index contributed by atoms with van der Waals surface area (Å²) in [6.45, 7) is 5.06. The molecule has 0 spiro atoms. The summed E-state index contributed by atoms with van der Waals surface area (Å²) in [5, 5.41) is 13.2. The third kappa shape index (κ3) is 4.17. The Morgan fingerprint density at radius 2 is 2.08 bits per heavy atom. The maximum atomic E-state index is 9.69. The minimum Gasteiger partial charge on any atom is -0.494 e. The van der Waals surface area contributed by atoms with Crippen LogP contribution >= 0.6 is 0 Å². The van der Waals surface area contributed by atoms with Gasteiger partial charge in [-0.05, 0) is 49.6 Å². The van der Waals surface area contributed by atoms with Crippen molar-refractivity contribution in [3.8, 4) is 5.75 Å². The van der Waals surface area contributed by atoms with Crippen molar-refractivity contribution in [2.45, 2.75) is 32.4 Å². The molecule has 1 aliphatic heterocycles. The summed E-state index contributed by atoms with van der Waals surface area (Å²) in [5.74, 6) is 1.86. The average molecular weight is 327 g/mol. The van der Waals surface area contributed by atoms with Crippen LogP contribution in [-0.4, -0.2) is 35.9 Å². The summed E-state index contributed by atoms with van der Waals surface area (Å²) < 4.78 is 5.56. The van der Waals surface area contributed by atoms with E-state index in [0.29, 0.717) is 6.61 Å². The highest BCUT2D eigenvalue weighted by Crippen LogP contribution is 2.26. The maximum Gasteiger partial charge on any atom is 0.151 e. The molecule has 24 heavy (non-hydrogen) atoms. The highest BCUT2D eigenvalue weighted by molar-refractivity contribution is 5.65. The third-order valence-corrected chi connectivity index (χ3v) is 4.24. The first-order valence-electron chi connectivity index (χ1n) is 8.60. The van der Waals surface area contributed by atoms with E-state index in [2.05, 4.69) is 33.4 Å². The van der Waals surface area contributed by atoms with Crippen LogP contribution in [0.3, 0.4) is 0 Å². The van der Waals surface area contributed by atoms with E-state index >= 15 is 0 Å². The molecular formula is C19H25N3O2. The summed E-state index contributed by atoms with van der Waals surface area (Å²) in [7, 11) is 0. The van der Waals surface area contributed by atoms with Crippen LogP contribution in [0.1, 0.15) is 25.3 Å². The van der Waals surface area contributed by atoms with Crippen molar-refractivity contribution in [2.75, 3.05) is 29.9 Å². The van der Waals surface area contributed by atoms with Crippen LogP contribution in [0.25, 0.3) is 0 Å². The lowest BCUT2D eigenvalue weighted by Crippen LogP contribution is -2.36. The zero-order chi connectivity index (χ0) is 16.8. The summed E-state index contributed by atoms with van der Waals surface area (Å²) >= 11 is 0. The minimum absolute atomic E-state index is 0.178. The molecule has 1 saturated heterocycles. The topological polar surface area (TPSA) is 57.6 Å². The van der Waals surface area contributed by atoms with Crippen LogP contribution in [0.4, 0.5) is 11.5 Å². The van der Waals surface area contributed by atoms with E-state index in [1.807, 2.05) is 31.3 Å². The number of piperidine rings is 1. The van der Waals surface area contributed by atoms with Crippen LogP contribution in [0.15, 0.2) is 42.6 Å². The Morgan fingerprint density at radius 3 is 2.88 bits per heavy atom. The number of ether oxygens (including phenoxy) is 1. The molecule has 0 aliphatic carbocycles. The van der Waals surface area contributed by atoms with Crippen molar-refractivity contribution in [3.63, 3.8) is 0 Å². The fourth-order valence-electron chi connectivity index (χ4n) is 2.97. The van der Waals surface area contributed by atoms with Gasteiger partial charge in [0.2, 0.25) is 0 Å². The first-order valence-corrected chi connectivity index (χ1v) is 8.60. The molecule has 1 fully saturated rings. The molecule has 0 radical (unpaired) electrons. The highest BCUT2D eigenvalue weighted by atomic mass is 16.5. The van der Waals surface area contributed by atoms with Gasteiger partial charge in [-0.25, -0.2) is 4.98 Å². The number of aliphatic hydroxyl groups is 1. The number of hydrogen-bond donors (Lipinski definition) is 2. The molecule has 1 aliphatic rings. The molecule has 0 amide bonds. The predicted molar refractivity (Wildman–Crippen MR) is 96.6 cm³/mol. The molecule has 0 saturated carbocycles. The van der Waals surface area contributed by atoms with Gasteiger partial charge in [0.25, 0.3) is 0 Å². The number of anilines is 2. The normalized spacial score (nSPS) is 15.3. The lowest BCUT2D eigenvalue weighted by molar-refractivity contribution is 0.145. The maximum absolute atomic E-state index is 9.69. The predicted octanol–water partition coefficient (Wildman–Crippen LogP) is 3.05. The standard InChI is InChI=1S/C19H25N3O2/c1-2-24-17-6-3-5-15(13-17)14-21-18-7-4-10-20-19(18)22-11-8-16(23)9-12-22/h3-7,10,13,16,21,23H,2,8-9,11-12,14H2,1H3. The van der Waals surface area contributed by atoms with E-state index in [4.69, 9.17) is 4.74 Å². The molecule has 5 heteroatoms. The SMILES string of the molecule is CCOc1cccc(CNc2cccnc2N2CCC(O)CC2)c1. The Labute approximate surface area is 143 Å². The van der Waals surface area contributed by atoms with Gasteiger partial charge in [0.1, 0.15) is 5.75 Å². The number of rotatable bonds is 6. The molecule has 0 atom stereocenters. The number of aromatic nitrogens is 1. The lowest BCUT2D eigenvalue weighted by atomic mass is 10.1. The molecule has 0 bridgehead atoms. The summed E-state index contributed by atoms with van der Waals surface area (Å²) in [6.07, 6.45) is 3.24. The smallest absolute Gasteiger partial charge is 0.151 e. The molecule has 2 aromatic rings. The Bertz CT molecular complexity index is 655. The van der Waals surface area contributed by atoms with Gasteiger partial charge in [0.05, 0.1) is 18.4 Å². The fourth-order valence-corrected chi connectivity index (χ4v) is 2.97. The molecular weight excluding hydrogens is 302 g/mol. The summed E-state index contributed by atoms with van der Waals surface area (Å²) in [4.78, 5) is 6.79. The number of pyridine rings is 1. The van der Waals surface area contributed by atoms with Crippen molar-refractivity contribution in [1.82, 2.24) is 4.98 Å². The van der Waals surface area contributed by atoms with Gasteiger partial charge in [-0.3, -0.25) is 0 Å². The van der Waals surface area contributed by atoms with Crippen molar-refractivity contribution in [3.05, 3.63) is 48.2 Å². The van der Waals surface area contributed by atoms with E-state index in [0.717, 1.165) is 49.7 Å². The number of aliphatic hydroxyl groups excluding tert-OH is 1. The van der Waals surface area contributed by atoms with Crippen molar-refractivity contribution >= 4 is 11.5 Å². The molecule has 128 valence electrons. The number of nitrogens with one attached hydrogen (secondary N) is 1. The Balaban J connectivity index is 1.68. The second kappa shape index (κ2) is 8.02. The van der Waals surface area contributed by atoms with E-state index in [1.54, 1.807) is 0 Å². The van der Waals surface area contributed by atoms with Crippen LogP contribution in [0.5, 0.6) is 5.75 Å². The quantitative estimate of drug-likeness (QED) is 0.854. The molecule has 2 N–H and O–H groups in total. The summed E-state index contributed by atoms with van der Waals surface area (Å²) in [6, 6.07) is 12.1. The third-order valence-electron chi connectivity index (χ3n) is 4.24. The summed E-state index contributed by atoms with van der Waals surface area (Å²) in [5.41, 5.74) is 2.19. The largest absolute Gasteiger partial charge is 0.494 e. The van der Waals surface area contributed by atoms with Gasteiger partial charge < -0.3 is 20.1 Å². The van der Waals surface area contributed by atoms with E-state index in [1.165, 1.54) is 5.56 Å². The molecule has 5 nitrogen and oxygen atoms in total. The zero-order valence-electron chi connectivity index (χ0n) is 14.1. The van der Waals surface area contributed by atoms with Gasteiger partial charge in [-0.1, -0.05) is 12.1 Å². The average Bonchev–Trinajstić information content (AvgIpc) is 2.62. The Morgan fingerprint density at radius 1 is 1.25 bits per heavy atom. The molecule has 1 aromatic heterocycles. The highest BCUT2D eigenvalue weighted by Gasteiger charge is 2.20. The first-order chi connectivity index (χ1) is 11.8. The monoisotopic (exact) mass is 327 g/mol. The van der Waals surface area contributed by atoms with E-state index < -0.39 is 0 Å². The van der Waals surface area contributed by atoms with Gasteiger partial charge in [0.15, 0.2) is 5.82 Å². The Hall–Kier alpha value is -2.27. The fraction of sp³-hybridized carbons (Fsp3) is 0.421. The van der Waals surface area contributed by atoms with Gasteiger partial charge >= 0.3 is 0 Å². The number of hydrogen-bond acceptors (Lipinski definition) is 5. The van der Waals surface area contributed by atoms with Gasteiger partial charge in [-0.2, -0.15) is 0 Å². The molecule has 3 rings (SSSR count). The zero-order valence-corrected chi connectivity index (χ0v) is 14.1. The van der Waals surface area contributed by atoms with Crippen LogP contribution < -0.4 is 15.0 Å². The Kier molecular flexibility index (Phi) is 5.54. The first kappa shape index (κ1) is 16.6. The van der Waals surface area contributed by atoms with Gasteiger partial charge in [-0.15, -0.1) is 0 Å². The minimum atomic E-state index is -0.178. The van der Waals surface area contributed by atoms with Gasteiger partial charge in [0, 0.05) is 25.8 Å². The van der Waals surface area contributed by atoms with Crippen molar-refractivity contribution < 1.29 is 9.84 Å².